The lowest BCUT2D eigenvalue weighted by atomic mass is 10.2. The van der Waals surface area contributed by atoms with Crippen molar-refractivity contribution in [2.24, 2.45) is 0 Å². The molecule has 0 aliphatic rings. The summed E-state index contributed by atoms with van der Waals surface area (Å²) in [4.78, 5) is 4.03. The second kappa shape index (κ2) is 8.73. The van der Waals surface area contributed by atoms with E-state index in [9.17, 15) is 9.50 Å². The van der Waals surface area contributed by atoms with Crippen LogP contribution in [-0.2, 0) is 6.54 Å². The number of benzene rings is 2. The summed E-state index contributed by atoms with van der Waals surface area (Å²) in [6.45, 7) is 0.632. The summed E-state index contributed by atoms with van der Waals surface area (Å²) in [5.74, 6) is 0.104. The molecule has 0 bridgehead atoms. The number of rotatable bonds is 7. The highest BCUT2D eigenvalue weighted by molar-refractivity contribution is 9.10. The quantitative estimate of drug-likeness (QED) is 0.338. The summed E-state index contributed by atoms with van der Waals surface area (Å²) < 4.78 is 22.8. The molecule has 2 aromatic heterocycles. The fourth-order valence-electron chi connectivity index (χ4n) is 3.33. The number of hydrogen-bond acceptors (Lipinski definition) is 5. The van der Waals surface area contributed by atoms with Crippen LogP contribution in [-0.4, -0.2) is 28.1 Å². The normalized spacial score (nSPS) is 12.0. The lowest BCUT2D eigenvalue weighted by molar-refractivity contribution is 0.231. The van der Waals surface area contributed by atoms with Crippen LogP contribution in [0.15, 0.2) is 71.6 Å². The van der Waals surface area contributed by atoms with E-state index in [0.717, 1.165) is 15.6 Å². The Morgan fingerprint density at radius 2 is 1.93 bits per heavy atom. The van der Waals surface area contributed by atoms with E-state index >= 15 is 0 Å². The van der Waals surface area contributed by atoms with Gasteiger partial charge in [0, 0.05) is 35.0 Å². The molecule has 0 saturated carbocycles. The van der Waals surface area contributed by atoms with Gasteiger partial charge in [0.05, 0.1) is 24.0 Å². The van der Waals surface area contributed by atoms with Crippen molar-refractivity contribution in [3.05, 3.63) is 83.0 Å². The lowest BCUT2D eigenvalue weighted by Gasteiger charge is -2.20. The first kappa shape index (κ1) is 20.2. The minimum absolute atomic E-state index is 0.218. The molecule has 1 atom stereocenters. The van der Waals surface area contributed by atoms with Crippen molar-refractivity contribution in [1.29, 1.82) is 0 Å². The van der Waals surface area contributed by atoms with Gasteiger partial charge in [-0.25, -0.2) is 4.39 Å². The van der Waals surface area contributed by atoms with E-state index in [2.05, 4.69) is 31.5 Å². The van der Waals surface area contributed by atoms with E-state index in [1.54, 1.807) is 37.7 Å². The Hall–Kier alpha value is -3.10. The Balaban J connectivity index is 1.59. The molecule has 0 amide bonds. The largest absolute Gasteiger partial charge is 0.495 e. The van der Waals surface area contributed by atoms with Crippen LogP contribution in [0.2, 0.25) is 0 Å². The van der Waals surface area contributed by atoms with Crippen LogP contribution in [0.1, 0.15) is 5.56 Å². The van der Waals surface area contributed by atoms with Gasteiger partial charge in [-0.3, -0.25) is 4.98 Å². The molecular formula is C22H20BrFN4O2. The summed E-state index contributed by atoms with van der Waals surface area (Å²) >= 11 is 3.39. The van der Waals surface area contributed by atoms with E-state index in [0.29, 0.717) is 23.4 Å². The average molecular weight is 471 g/mol. The van der Waals surface area contributed by atoms with Gasteiger partial charge < -0.3 is 25.0 Å². The fourth-order valence-corrected chi connectivity index (χ4v) is 3.69. The van der Waals surface area contributed by atoms with Gasteiger partial charge in [0.1, 0.15) is 11.6 Å². The van der Waals surface area contributed by atoms with Crippen LogP contribution >= 0.6 is 15.9 Å². The van der Waals surface area contributed by atoms with Crippen molar-refractivity contribution in [3.8, 4) is 5.75 Å². The molecule has 0 spiro atoms. The van der Waals surface area contributed by atoms with Crippen LogP contribution < -0.4 is 15.4 Å². The zero-order valence-electron chi connectivity index (χ0n) is 16.1. The van der Waals surface area contributed by atoms with Gasteiger partial charge in [0.25, 0.3) is 0 Å². The summed E-state index contributed by atoms with van der Waals surface area (Å²) in [6.07, 6.45) is 4.14. The number of pyridine rings is 1. The Kier molecular flexibility index (Phi) is 5.87. The maximum atomic E-state index is 14.6. The SMILES string of the molecule is COc1ccc(Br)cc1NC(O)Nc1c(F)ccc2c1ccn2Cc1ccncc1. The second-order valence-electron chi connectivity index (χ2n) is 6.69. The summed E-state index contributed by atoms with van der Waals surface area (Å²) in [6, 6.07) is 14.2. The molecule has 8 heteroatoms. The summed E-state index contributed by atoms with van der Waals surface area (Å²) in [7, 11) is 1.54. The Morgan fingerprint density at radius 1 is 1.13 bits per heavy atom. The molecule has 0 aliphatic heterocycles. The number of hydrogen-bond donors (Lipinski definition) is 3. The molecule has 4 aromatic rings. The van der Waals surface area contributed by atoms with Gasteiger partial charge in [-0.05, 0) is 54.1 Å². The number of nitrogens with one attached hydrogen (secondary N) is 2. The van der Waals surface area contributed by atoms with E-state index in [-0.39, 0.29) is 5.69 Å². The number of aliphatic hydroxyl groups excluding tert-OH is 1. The Labute approximate surface area is 181 Å². The number of fused-ring (bicyclic) bond motifs is 1. The maximum absolute atomic E-state index is 14.6. The molecule has 2 heterocycles. The molecule has 0 fully saturated rings. The molecule has 2 aromatic carbocycles. The molecule has 1 unspecified atom stereocenters. The number of anilines is 2. The minimum atomic E-state index is -1.24. The van der Waals surface area contributed by atoms with Crippen molar-refractivity contribution in [2.45, 2.75) is 12.9 Å². The number of halogens is 2. The first-order valence-electron chi connectivity index (χ1n) is 9.26. The van der Waals surface area contributed by atoms with Gasteiger partial charge in [0.15, 0.2) is 0 Å². The second-order valence-corrected chi connectivity index (χ2v) is 7.61. The van der Waals surface area contributed by atoms with Crippen molar-refractivity contribution in [3.63, 3.8) is 0 Å². The van der Waals surface area contributed by atoms with Crippen molar-refractivity contribution in [1.82, 2.24) is 9.55 Å². The molecule has 4 rings (SSSR count). The van der Waals surface area contributed by atoms with Gasteiger partial charge >= 0.3 is 0 Å². The number of aromatic nitrogens is 2. The molecule has 0 saturated heterocycles. The van der Waals surface area contributed by atoms with E-state index in [1.807, 2.05) is 35.0 Å². The highest BCUT2D eigenvalue weighted by Crippen LogP contribution is 2.31. The molecule has 3 N–H and O–H groups in total. The number of nitrogens with zero attached hydrogens (tertiary/aromatic N) is 2. The summed E-state index contributed by atoms with van der Waals surface area (Å²) in [5.41, 5.74) is 2.72. The number of methoxy groups -OCH3 is 1. The van der Waals surface area contributed by atoms with E-state index < -0.39 is 12.2 Å². The molecule has 154 valence electrons. The highest BCUT2D eigenvalue weighted by atomic mass is 79.9. The number of aliphatic hydroxyl groups is 1. The highest BCUT2D eigenvalue weighted by Gasteiger charge is 2.15. The first-order valence-corrected chi connectivity index (χ1v) is 10.1. The average Bonchev–Trinajstić information content (AvgIpc) is 3.14. The molecular weight excluding hydrogens is 451 g/mol. The van der Waals surface area contributed by atoms with Crippen LogP contribution in [0.25, 0.3) is 10.9 Å². The zero-order valence-corrected chi connectivity index (χ0v) is 17.7. The van der Waals surface area contributed by atoms with Gasteiger partial charge in [0.2, 0.25) is 6.35 Å². The van der Waals surface area contributed by atoms with Crippen LogP contribution in [0.4, 0.5) is 15.8 Å². The summed E-state index contributed by atoms with van der Waals surface area (Å²) in [5, 5.41) is 16.9. The van der Waals surface area contributed by atoms with Crippen LogP contribution in [0.5, 0.6) is 5.75 Å². The maximum Gasteiger partial charge on any atom is 0.203 e. The smallest absolute Gasteiger partial charge is 0.203 e. The third kappa shape index (κ3) is 4.24. The van der Waals surface area contributed by atoms with Crippen LogP contribution in [0.3, 0.4) is 0 Å². The standard InChI is InChI=1S/C22H20BrFN4O2/c1-30-20-5-2-15(23)12-18(20)26-22(29)27-21-16-8-11-28(19(16)4-3-17(21)24)13-14-6-9-25-10-7-14/h2-12,22,26-27,29H,13H2,1H3. The van der Waals surface area contributed by atoms with Crippen molar-refractivity contribution >= 4 is 38.2 Å². The lowest BCUT2D eigenvalue weighted by Crippen LogP contribution is -2.28. The van der Waals surface area contributed by atoms with E-state index in [4.69, 9.17) is 4.74 Å². The van der Waals surface area contributed by atoms with Crippen molar-refractivity contribution < 1.29 is 14.2 Å². The molecule has 0 aliphatic carbocycles. The zero-order chi connectivity index (χ0) is 21.1. The van der Waals surface area contributed by atoms with E-state index in [1.165, 1.54) is 6.07 Å². The third-order valence-electron chi connectivity index (χ3n) is 4.74. The first-order chi connectivity index (χ1) is 14.5. The van der Waals surface area contributed by atoms with Crippen molar-refractivity contribution in [2.75, 3.05) is 17.7 Å². The Bertz CT molecular complexity index is 1170. The number of ether oxygens (including phenoxy) is 1. The van der Waals surface area contributed by atoms with Gasteiger partial charge in [-0.15, -0.1) is 0 Å². The van der Waals surface area contributed by atoms with Gasteiger partial charge in [-0.1, -0.05) is 15.9 Å². The minimum Gasteiger partial charge on any atom is -0.495 e. The topological polar surface area (TPSA) is 71.3 Å². The molecule has 0 radical (unpaired) electrons. The molecule has 30 heavy (non-hydrogen) atoms. The third-order valence-corrected chi connectivity index (χ3v) is 5.23. The monoisotopic (exact) mass is 470 g/mol. The van der Waals surface area contributed by atoms with Gasteiger partial charge in [-0.2, -0.15) is 0 Å². The molecule has 6 nitrogen and oxygen atoms in total. The fraction of sp³-hybridized carbons (Fsp3) is 0.136. The Morgan fingerprint density at radius 3 is 2.70 bits per heavy atom. The predicted octanol–water partition coefficient (Wildman–Crippen LogP) is 4.79. The predicted molar refractivity (Wildman–Crippen MR) is 119 cm³/mol. The van der Waals surface area contributed by atoms with Crippen LogP contribution in [0, 0.1) is 5.82 Å².